The van der Waals surface area contributed by atoms with Crippen molar-refractivity contribution in [2.24, 2.45) is 5.92 Å². The second-order valence-corrected chi connectivity index (χ2v) is 5.57. The fraction of sp³-hybridized carbons (Fsp3) is 0.429. The molecule has 1 fully saturated rings. The zero-order valence-corrected chi connectivity index (χ0v) is 11.2. The summed E-state index contributed by atoms with van der Waals surface area (Å²) < 4.78 is 26.3. The van der Waals surface area contributed by atoms with Gasteiger partial charge in [0, 0.05) is 5.54 Å². The van der Waals surface area contributed by atoms with Gasteiger partial charge in [0.15, 0.2) is 11.6 Å². The standard InChI is InChI=1S/C14H15F2NO3/c1-14(2,7-3-4-7)17-12(18)8-5-10(15)11(16)6-9(8)13(19)20/h5-7H,3-4H2,1-2H3,(H,17,18)(H,19,20). The maximum atomic E-state index is 13.2. The van der Waals surface area contributed by atoms with Crippen molar-refractivity contribution in [2.45, 2.75) is 32.2 Å². The maximum Gasteiger partial charge on any atom is 0.336 e. The highest BCUT2D eigenvalue weighted by molar-refractivity contribution is 6.05. The molecule has 1 aliphatic rings. The summed E-state index contributed by atoms with van der Waals surface area (Å²) in [6.07, 6.45) is 1.97. The van der Waals surface area contributed by atoms with Crippen molar-refractivity contribution in [1.29, 1.82) is 0 Å². The number of hydrogen-bond acceptors (Lipinski definition) is 2. The van der Waals surface area contributed by atoms with Gasteiger partial charge >= 0.3 is 5.97 Å². The number of rotatable bonds is 4. The van der Waals surface area contributed by atoms with Gasteiger partial charge in [0.1, 0.15) is 0 Å². The van der Waals surface area contributed by atoms with Crippen LogP contribution in [0.4, 0.5) is 8.78 Å². The number of nitrogens with one attached hydrogen (secondary N) is 1. The van der Waals surface area contributed by atoms with Gasteiger partial charge in [0.05, 0.1) is 11.1 Å². The third-order valence-corrected chi connectivity index (χ3v) is 3.57. The lowest BCUT2D eigenvalue weighted by Crippen LogP contribution is -2.45. The van der Waals surface area contributed by atoms with Crippen molar-refractivity contribution in [3.8, 4) is 0 Å². The number of benzene rings is 1. The number of carboxylic acid groups (broad SMARTS) is 1. The molecule has 0 saturated heterocycles. The largest absolute Gasteiger partial charge is 0.478 e. The molecule has 1 aromatic carbocycles. The van der Waals surface area contributed by atoms with Crippen molar-refractivity contribution in [3.05, 3.63) is 34.9 Å². The van der Waals surface area contributed by atoms with Crippen molar-refractivity contribution in [2.75, 3.05) is 0 Å². The lowest BCUT2D eigenvalue weighted by atomic mass is 9.97. The third-order valence-electron chi connectivity index (χ3n) is 3.57. The first-order valence-corrected chi connectivity index (χ1v) is 6.27. The molecule has 6 heteroatoms. The molecule has 0 aliphatic heterocycles. The number of carbonyl (C=O) groups is 2. The van der Waals surface area contributed by atoms with Crippen LogP contribution in [0.3, 0.4) is 0 Å². The van der Waals surface area contributed by atoms with Gasteiger partial charge in [-0.3, -0.25) is 4.79 Å². The molecule has 20 heavy (non-hydrogen) atoms. The molecular weight excluding hydrogens is 268 g/mol. The van der Waals surface area contributed by atoms with Crippen LogP contribution < -0.4 is 5.32 Å². The molecule has 0 heterocycles. The van der Waals surface area contributed by atoms with Crippen LogP contribution in [-0.4, -0.2) is 22.5 Å². The minimum absolute atomic E-state index is 0.324. The number of aromatic carboxylic acids is 1. The van der Waals surface area contributed by atoms with Crippen molar-refractivity contribution in [1.82, 2.24) is 5.32 Å². The topological polar surface area (TPSA) is 66.4 Å². The Morgan fingerprint density at radius 2 is 1.70 bits per heavy atom. The Morgan fingerprint density at radius 3 is 2.15 bits per heavy atom. The van der Waals surface area contributed by atoms with Gasteiger partial charge in [-0.25, -0.2) is 13.6 Å². The molecule has 1 aromatic rings. The Labute approximate surface area is 114 Å². The highest BCUT2D eigenvalue weighted by Gasteiger charge is 2.39. The van der Waals surface area contributed by atoms with E-state index in [-0.39, 0.29) is 5.56 Å². The van der Waals surface area contributed by atoms with Crippen LogP contribution >= 0.6 is 0 Å². The number of amides is 1. The molecule has 108 valence electrons. The fourth-order valence-electron chi connectivity index (χ4n) is 2.18. The Bertz CT molecular complexity index is 580. The number of halogens is 2. The first-order valence-electron chi connectivity index (χ1n) is 6.27. The van der Waals surface area contributed by atoms with Gasteiger partial charge in [0.25, 0.3) is 5.91 Å². The summed E-state index contributed by atoms with van der Waals surface area (Å²) >= 11 is 0. The van der Waals surface area contributed by atoms with Crippen molar-refractivity contribution in [3.63, 3.8) is 0 Å². The van der Waals surface area contributed by atoms with Gasteiger partial charge in [-0.05, 0) is 44.7 Å². The third kappa shape index (κ3) is 2.79. The second kappa shape index (κ2) is 4.85. The predicted molar refractivity (Wildman–Crippen MR) is 67.6 cm³/mol. The Balaban J connectivity index is 2.33. The zero-order valence-electron chi connectivity index (χ0n) is 11.2. The molecule has 4 nitrogen and oxygen atoms in total. The van der Waals surface area contributed by atoms with Crippen LogP contribution in [0.5, 0.6) is 0 Å². The molecule has 1 saturated carbocycles. The summed E-state index contributed by atoms with van der Waals surface area (Å²) in [6, 6.07) is 1.15. The Morgan fingerprint density at radius 1 is 1.20 bits per heavy atom. The molecule has 0 aromatic heterocycles. The maximum absolute atomic E-state index is 13.2. The lowest BCUT2D eigenvalue weighted by Gasteiger charge is -2.26. The molecule has 2 rings (SSSR count). The number of carboxylic acids is 1. The summed E-state index contributed by atoms with van der Waals surface area (Å²) in [7, 11) is 0. The molecule has 1 amide bonds. The summed E-state index contributed by atoms with van der Waals surface area (Å²) in [6.45, 7) is 3.64. The first-order chi connectivity index (χ1) is 9.22. The second-order valence-electron chi connectivity index (χ2n) is 5.57. The highest BCUT2D eigenvalue weighted by Crippen LogP contribution is 2.39. The lowest BCUT2D eigenvalue weighted by molar-refractivity contribution is 0.0688. The van der Waals surface area contributed by atoms with E-state index in [9.17, 15) is 18.4 Å². The van der Waals surface area contributed by atoms with E-state index in [1.54, 1.807) is 0 Å². The molecule has 1 aliphatic carbocycles. The fourth-order valence-corrected chi connectivity index (χ4v) is 2.18. The highest BCUT2D eigenvalue weighted by atomic mass is 19.2. The van der Waals surface area contributed by atoms with Crippen molar-refractivity contribution >= 4 is 11.9 Å². The average Bonchev–Trinajstić information content (AvgIpc) is 3.15. The van der Waals surface area contributed by atoms with Gasteiger partial charge in [-0.15, -0.1) is 0 Å². The molecule has 0 spiro atoms. The van der Waals surface area contributed by atoms with E-state index in [4.69, 9.17) is 5.11 Å². The van der Waals surface area contributed by atoms with Gasteiger partial charge in [-0.1, -0.05) is 0 Å². The quantitative estimate of drug-likeness (QED) is 0.892. The van der Waals surface area contributed by atoms with E-state index in [1.165, 1.54) is 0 Å². The summed E-state index contributed by atoms with van der Waals surface area (Å²) in [4.78, 5) is 23.2. The van der Waals surface area contributed by atoms with Crippen molar-refractivity contribution < 1.29 is 23.5 Å². The molecular formula is C14H15F2NO3. The molecule has 0 bridgehead atoms. The number of hydrogen-bond donors (Lipinski definition) is 2. The van der Waals surface area contributed by atoms with E-state index in [2.05, 4.69) is 5.32 Å². The molecule has 0 radical (unpaired) electrons. The summed E-state index contributed by atoms with van der Waals surface area (Å²) in [5, 5.41) is 11.7. The van der Waals surface area contributed by atoms with Gasteiger partial charge in [0.2, 0.25) is 0 Å². The Hall–Kier alpha value is -1.98. The average molecular weight is 283 g/mol. The van der Waals surface area contributed by atoms with E-state index in [0.29, 0.717) is 18.1 Å². The summed E-state index contributed by atoms with van der Waals surface area (Å²) in [5.74, 6) is -4.40. The van der Waals surface area contributed by atoms with Crippen LogP contribution in [-0.2, 0) is 0 Å². The molecule has 0 unspecified atom stereocenters. The van der Waals surface area contributed by atoms with E-state index in [0.717, 1.165) is 12.8 Å². The molecule has 0 atom stereocenters. The van der Waals surface area contributed by atoms with E-state index < -0.39 is 34.6 Å². The zero-order chi connectivity index (χ0) is 15.1. The van der Waals surface area contributed by atoms with Crippen LogP contribution in [0, 0.1) is 17.6 Å². The number of carbonyl (C=O) groups excluding carboxylic acids is 1. The monoisotopic (exact) mass is 283 g/mol. The minimum atomic E-state index is -1.47. The normalized spacial score (nSPS) is 15.0. The van der Waals surface area contributed by atoms with E-state index in [1.807, 2.05) is 13.8 Å². The SMILES string of the molecule is CC(C)(NC(=O)c1cc(F)c(F)cc1C(=O)O)C1CC1. The van der Waals surface area contributed by atoms with Gasteiger partial charge < -0.3 is 10.4 Å². The predicted octanol–water partition coefficient (Wildman–Crippen LogP) is 2.58. The van der Waals surface area contributed by atoms with Crippen LogP contribution in [0.2, 0.25) is 0 Å². The Kier molecular flexibility index (Phi) is 3.50. The van der Waals surface area contributed by atoms with Crippen LogP contribution in [0.15, 0.2) is 12.1 Å². The first kappa shape index (κ1) is 14.4. The van der Waals surface area contributed by atoms with Gasteiger partial charge in [-0.2, -0.15) is 0 Å². The van der Waals surface area contributed by atoms with E-state index >= 15 is 0 Å². The van der Waals surface area contributed by atoms with Crippen LogP contribution in [0.1, 0.15) is 47.4 Å². The smallest absolute Gasteiger partial charge is 0.336 e. The summed E-state index contributed by atoms with van der Waals surface area (Å²) in [5.41, 5.74) is -1.42. The van der Waals surface area contributed by atoms with Crippen LogP contribution in [0.25, 0.3) is 0 Å². The molecule has 2 N–H and O–H groups in total. The minimum Gasteiger partial charge on any atom is -0.478 e.